The Hall–Kier alpha value is -1.00. The Balaban J connectivity index is 3.86. The minimum Gasteiger partial charge on any atom is -0.258 e. The fourth-order valence-electron chi connectivity index (χ4n) is 1.40. The number of halogens is 6. The molecule has 0 saturated carbocycles. The first kappa shape index (κ1) is 16.1. The van der Waals surface area contributed by atoms with E-state index in [2.05, 4.69) is 10.1 Å². The van der Waals surface area contributed by atoms with Gasteiger partial charge in [0.1, 0.15) is 4.90 Å². The SMILES string of the molecule is NS(=O)(=O)c1cnc(CCl)c(C(F)F)c1C(F)(F)F. The first-order chi connectivity index (χ1) is 8.50. The normalized spacial score (nSPS) is 13.1. The third-order valence-corrected chi connectivity index (χ3v) is 3.27. The van der Waals surface area contributed by atoms with E-state index in [9.17, 15) is 30.4 Å². The van der Waals surface area contributed by atoms with Crippen molar-refractivity contribution in [1.82, 2.24) is 4.98 Å². The third kappa shape index (κ3) is 3.31. The Bertz CT molecular complexity index is 588. The van der Waals surface area contributed by atoms with E-state index in [-0.39, 0.29) is 6.20 Å². The molecular formula is C8H6ClF5N2O2S. The molecular weight excluding hydrogens is 319 g/mol. The highest BCUT2D eigenvalue weighted by Crippen LogP contribution is 2.41. The zero-order chi connectivity index (χ0) is 15.0. The van der Waals surface area contributed by atoms with Crippen LogP contribution in [0.3, 0.4) is 0 Å². The molecule has 108 valence electrons. The quantitative estimate of drug-likeness (QED) is 0.685. The molecule has 1 rings (SSSR count). The highest BCUT2D eigenvalue weighted by atomic mass is 35.5. The Labute approximate surface area is 109 Å². The van der Waals surface area contributed by atoms with Crippen LogP contribution in [0.4, 0.5) is 22.0 Å². The predicted octanol–water partition coefficient (Wildman–Crippen LogP) is 2.42. The van der Waals surface area contributed by atoms with Crippen molar-refractivity contribution >= 4 is 21.6 Å². The number of sulfonamides is 1. The molecule has 19 heavy (non-hydrogen) atoms. The number of rotatable bonds is 3. The molecule has 0 radical (unpaired) electrons. The maximum atomic E-state index is 12.8. The Morgan fingerprint density at radius 1 is 1.37 bits per heavy atom. The Morgan fingerprint density at radius 3 is 2.21 bits per heavy atom. The van der Waals surface area contributed by atoms with E-state index in [0.29, 0.717) is 0 Å². The summed E-state index contributed by atoms with van der Waals surface area (Å²) in [6.07, 6.45) is -8.67. The number of pyridine rings is 1. The number of aromatic nitrogens is 1. The smallest absolute Gasteiger partial charge is 0.258 e. The number of primary sulfonamides is 1. The van der Waals surface area contributed by atoms with Gasteiger partial charge in [-0.1, -0.05) is 0 Å². The van der Waals surface area contributed by atoms with Crippen LogP contribution >= 0.6 is 11.6 Å². The van der Waals surface area contributed by atoms with Crippen molar-refractivity contribution in [1.29, 1.82) is 0 Å². The van der Waals surface area contributed by atoms with Gasteiger partial charge in [-0.2, -0.15) is 13.2 Å². The molecule has 4 nitrogen and oxygen atoms in total. The summed E-state index contributed by atoms with van der Waals surface area (Å²) in [5.41, 5.74) is -4.36. The molecule has 0 aliphatic heterocycles. The average Bonchev–Trinajstić information content (AvgIpc) is 2.24. The van der Waals surface area contributed by atoms with Crippen LogP contribution in [0, 0.1) is 0 Å². The second kappa shape index (κ2) is 5.17. The van der Waals surface area contributed by atoms with E-state index in [4.69, 9.17) is 11.6 Å². The maximum absolute atomic E-state index is 12.8. The summed E-state index contributed by atoms with van der Waals surface area (Å²) in [4.78, 5) is 1.68. The minimum absolute atomic E-state index is 0.266. The third-order valence-electron chi connectivity index (χ3n) is 2.10. The molecule has 11 heteroatoms. The standard InChI is InChI=1S/C8H6ClF5N2O2S/c9-1-3-5(7(10)11)6(8(12,13)14)4(2-16-3)19(15,17)18/h2,7H,1H2,(H2,15,17,18). The van der Waals surface area contributed by atoms with Gasteiger partial charge in [-0.05, 0) is 0 Å². The van der Waals surface area contributed by atoms with Gasteiger partial charge in [0.2, 0.25) is 10.0 Å². The van der Waals surface area contributed by atoms with Gasteiger partial charge in [0.05, 0.1) is 22.7 Å². The summed E-state index contributed by atoms with van der Waals surface area (Å²) in [5, 5.41) is 4.57. The molecule has 1 aromatic heterocycles. The van der Waals surface area contributed by atoms with Crippen LogP contribution in [0.15, 0.2) is 11.1 Å². The number of hydrogen-bond donors (Lipinski definition) is 1. The number of hydrogen-bond acceptors (Lipinski definition) is 3. The second-order valence-electron chi connectivity index (χ2n) is 3.33. The van der Waals surface area contributed by atoms with Gasteiger partial charge in [0, 0.05) is 6.20 Å². The predicted molar refractivity (Wildman–Crippen MR) is 55.1 cm³/mol. The number of alkyl halides is 6. The van der Waals surface area contributed by atoms with Crippen LogP contribution in [-0.2, 0) is 22.1 Å². The lowest BCUT2D eigenvalue weighted by atomic mass is 10.1. The molecule has 1 heterocycles. The molecule has 0 atom stereocenters. The summed E-state index contributed by atoms with van der Waals surface area (Å²) in [5.74, 6) is -0.729. The largest absolute Gasteiger partial charge is 0.418 e. The van der Waals surface area contributed by atoms with E-state index in [1.807, 2.05) is 0 Å². The molecule has 2 N–H and O–H groups in total. The van der Waals surface area contributed by atoms with Gasteiger partial charge in [-0.3, -0.25) is 4.98 Å². The van der Waals surface area contributed by atoms with E-state index in [1.54, 1.807) is 0 Å². The average molecular weight is 325 g/mol. The summed E-state index contributed by atoms with van der Waals surface area (Å²) in [6, 6.07) is 0. The highest BCUT2D eigenvalue weighted by Gasteiger charge is 2.42. The van der Waals surface area contributed by atoms with Crippen molar-refractivity contribution in [2.45, 2.75) is 23.4 Å². The van der Waals surface area contributed by atoms with Crippen LogP contribution < -0.4 is 5.14 Å². The monoisotopic (exact) mass is 324 g/mol. The van der Waals surface area contributed by atoms with Crippen LogP contribution in [0.25, 0.3) is 0 Å². The zero-order valence-corrected chi connectivity index (χ0v) is 10.5. The Morgan fingerprint density at radius 2 is 1.89 bits per heavy atom. The fourth-order valence-corrected chi connectivity index (χ4v) is 2.32. The molecule has 0 bridgehead atoms. The lowest BCUT2D eigenvalue weighted by Gasteiger charge is -2.17. The summed E-state index contributed by atoms with van der Waals surface area (Å²) in [7, 11) is -4.86. The highest BCUT2D eigenvalue weighted by molar-refractivity contribution is 7.89. The Kier molecular flexibility index (Phi) is 4.37. The molecule has 0 unspecified atom stereocenters. The molecule has 0 aliphatic carbocycles. The first-order valence-corrected chi connectivity index (χ1v) is 6.54. The zero-order valence-electron chi connectivity index (χ0n) is 8.88. The van der Waals surface area contributed by atoms with Gasteiger partial charge in [-0.15, -0.1) is 11.6 Å². The number of nitrogens with two attached hydrogens (primary N) is 1. The number of nitrogens with zero attached hydrogens (tertiary/aromatic N) is 1. The van der Waals surface area contributed by atoms with Crippen molar-refractivity contribution in [2.75, 3.05) is 0 Å². The maximum Gasteiger partial charge on any atom is 0.418 e. The van der Waals surface area contributed by atoms with Gasteiger partial charge in [-0.25, -0.2) is 22.3 Å². The van der Waals surface area contributed by atoms with Gasteiger partial charge in [0.15, 0.2) is 0 Å². The van der Waals surface area contributed by atoms with Crippen LogP contribution in [0.5, 0.6) is 0 Å². The van der Waals surface area contributed by atoms with Gasteiger partial charge >= 0.3 is 6.18 Å². The lowest BCUT2D eigenvalue weighted by Crippen LogP contribution is -2.22. The van der Waals surface area contributed by atoms with Crippen molar-refractivity contribution < 1.29 is 30.4 Å². The molecule has 0 saturated heterocycles. The van der Waals surface area contributed by atoms with Crippen molar-refractivity contribution in [2.24, 2.45) is 5.14 Å². The van der Waals surface area contributed by atoms with Crippen molar-refractivity contribution in [3.8, 4) is 0 Å². The molecule has 0 aliphatic rings. The second-order valence-corrected chi connectivity index (χ2v) is 5.13. The van der Waals surface area contributed by atoms with Gasteiger partial charge in [0.25, 0.3) is 6.43 Å². The topological polar surface area (TPSA) is 73.1 Å². The molecule has 0 spiro atoms. The summed E-state index contributed by atoms with van der Waals surface area (Å²) in [6.45, 7) is 0. The van der Waals surface area contributed by atoms with E-state index >= 15 is 0 Å². The lowest BCUT2D eigenvalue weighted by molar-refractivity contribution is -0.142. The van der Waals surface area contributed by atoms with Crippen molar-refractivity contribution in [3.05, 3.63) is 23.0 Å². The van der Waals surface area contributed by atoms with E-state index in [1.165, 1.54) is 0 Å². The molecule has 0 fully saturated rings. The van der Waals surface area contributed by atoms with Crippen molar-refractivity contribution in [3.63, 3.8) is 0 Å². The summed E-state index contributed by atoms with van der Waals surface area (Å²) >= 11 is 5.22. The summed E-state index contributed by atoms with van der Waals surface area (Å²) < 4.78 is 85.9. The molecule has 0 aromatic carbocycles. The molecule has 0 amide bonds. The fraction of sp³-hybridized carbons (Fsp3) is 0.375. The first-order valence-electron chi connectivity index (χ1n) is 4.46. The van der Waals surface area contributed by atoms with Crippen LogP contribution in [0.1, 0.15) is 23.2 Å². The van der Waals surface area contributed by atoms with E-state index in [0.717, 1.165) is 0 Å². The molecule has 1 aromatic rings. The van der Waals surface area contributed by atoms with E-state index < -0.39 is 50.2 Å². The van der Waals surface area contributed by atoms with Crippen LogP contribution in [0.2, 0.25) is 0 Å². The minimum atomic E-state index is -5.34. The van der Waals surface area contributed by atoms with Crippen LogP contribution in [-0.4, -0.2) is 13.4 Å². The van der Waals surface area contributed by atoms with Gasteiger partial charge < -0.3 is 0 Å².